The lowest BCUT2D eigenvalue weighted by Crippen LogP contribution is -2.52. The van der Waals surface area contributed by atoms with E-state index in [0.29, 0.717) is 13.1 Å². The number of nitrogens with zero attached hydrogens (tertiary/aromatic N) is 3. The zero-order chi connectivity index (χ0) is 15.1. The number of carbonyl (C=O) groups excluding carboxylic acids is 2. The van der Waals surface area contributed by atoms with Crippen molar-refractivity contribution in [3.63, 3.8) is 0 Å². The van der Waals surface area contributed by atoms with Gasteiger partial charge in [-0.15, -0.1) is 12.4 Å². The van der Waals surface area contributed by atoms with Gasteiger partial charge in [-0.1, -0.05) is 12.8 Å². The Morgan fingerprint density at radius 1 is 0.818 bits per heavy atom. The van der Waals surface area contributed by atoms with E-state index in [9.17, 15) is 9.59 Å². The van der Waals surface area contributed by atoms with Gasteiger partial charge in [-0.25, -0.2) is 0 Å². The molecule has 2 heterocycles. The molecule has 0 atom stereocenters. The minimum Gasteiger partial charge on any atom is -0.342 e. The first-order valence-electron chi connectivity index (χ1n) is 8.13. The van der Waals surface area contributed by atoms with Gasteiger partial charge >= 0.3 is 0 Å². The molecule has 0 aromatic heterocycles. The van der Waals surface area contributed by atoms with E-state index < -0.39 is 0 Å². The molecule has 2 fully saturated rings. The Morgan fingerprint density at radius 2 is 1.36 bits per heavy atom. The zero-order valence-electron chi connectivity index (χ0n) is 13.6. The van der Waals surface area contributed by atoms with Crippen LogP contribution in [-0.2, 0) is 9.59 Å². The number of piperazine rings is 1. The van der Waals surface area contributed by atoms with Gasteiger partial charge in [-0.2, -0.15) is 0 Å². The van der Waals surface area contributed by atoms with Crippen LogP contribution in [0.3, 0.4) is 0 Å². The summed E-state index contributed by atoms with van der Waals surface area (Å²) in [6.45, 7) is 5.80. The van der Waals surface area contributed by atoms with Gasteiger partial charge in [0.05, 0.1) is 13.1 Å². The minimum absolute atomic E-state index is 0. The molecule has 0 radical (unpaired) electrons. The molecule has 2 aliphatic heterocycles. The van der Waals surface area contributed by atoms with Crippen LogP contribution < -0.4 is 5.32 Å². The number of hydrogen-bond donors (Lipinski definition) is 1. The summed E-state index contributed by atoms with van der Waals surface area (Å²) < 4.78 is 0. The quantitative estimate of drug-likeness (QED) is 0.797. The SMILES string of the molecule is CNCC(=O)N1CCN(CC(=O)N2CCCCCC2)CC1.Cl. The number of carbonyl (C=O) groups is 2. The van der Waals surface area contributed by atoms with E-state index in [2.05, 4.69) is 10.2 Å². The molecular weight excluding hydrogens is 304 g/mol. The molecule has 0 saturated carbocycles. The van der Waals surface area contributed by atoms with Crippen molar-refractivity contribution in [3.05, 3.63) is 0 Å². The van der Waals surface area contributed by atoms with Crippen molar-refractivity contribution in [3.8, 4) is 0 Å². The summed E-state index contributed by atoms with van der Waals surface area (Å²) in [6.07, 6.45) is 4.77. The van der Waals surface area contributed by atoms with E-state index in [1.54, 1.807) is 7.05 Å². The Balaban J connectivity index is 0.00000242. The second-order valence-corrected chi connectivity index (χ2v) is 5.98. The van der Waals surface area contributed by atoms with Crippen molar-refractivity contribution in [1.82, 2.24) is 20.0 Å². The normalized spacial score (nSPS) is 20.2. The maximum absolute atomic E-state index is 12.3. The van der Waals surface area contributed by atoms with Crippen molar-refractivity contribution >= 4 is 24.2 Å². The molecule has 2 rings (SSSR count). The number of likely N-dealkylation sites (N-methyl/N-ethyl adjacent to an activating group) is 1. The largest absolute Gasteiger partial charge is 0.342 e. The van der Waals surface area contributed by atoms with Gasteiger partial charge < -0.3 is 15.1 Å². The number of likely N-dealkylation sites (tertiary alicyclic amines) is 1. The smallest absolute Gasteiger partial charge is 0.236 e. The third-order valence-electron chi connectivity index (χ3n) is 4.37. The molecule has 128 valence electrons. The van der Waals surface area contributed by atoms with Gasteiger partial charge in [-0.3, -0.25) is 14.5 Å². The summed E-state index contributed by atoms with van der Waals surface area (Å²) in [5.74, 6) is 0.405. The number of halogens is 1. The fourth-order valence-corrected chi connectivity index (χ4v) is 3.03. The predicted molar refractivity (Wildman–Crippen MR) is 89.2 cm³/mol. The fourth-order valence-electron chi connectivity index (χ4n) is 3.03. The lowest BCUT2D eigenvalue weighted by molar-refractivity contribution is -0.134. The molecule has 0 aromatic rings. The zero-order valence-corrected chi connectivity index (χ0v) is 14.4. The summed E-state index contributed by atoms with van der Waals surface area (Å²) >= 11 is 0. The molecule has 0 unspecified atom stereocenters. The van der Waals surface area contributed by atoms with Gasteiger partial charge in [0.25, 0.3) is 0 Å². The molecule has 2 saturated heterocycles. The van der Waals surface area contributed by atoms with Crippen molar-refractivity contribution in [2.75, 3.05) is 59.4 Å². The molecule has 7 heteroatoms. The van der Waals surface area contributed by atoms with Crippen LogP contribution in [0, 0.1) is 0 Å². The van der Waals surface area contributed by atoms with Crippen molar-refractivity contribution < 1.29 is 9.59 Å². The van der Waals surface area contributed by atoms with Gasteiger partial charge in [0.15, 0.2) is 0 Å². The average molecular weight is 333 g/mol. The highest BCUT2D eigenvalue weighted by molar-refractivity contribution is 5.85. The van der Waals surface area contributed by atoms with Crippen LogP contribution in [-0.4, -0.2) is 85.9 Å². The first kappa shape index (κ1) is 19.2. The fraction of sp³-hybridized carbons (Fsp3) is 0.867. The van der Waals surface area contributed by atoms with Gasteiger partial charge in [0, 0.05) is 39.3 Å². The third-order valence-corrected chi connectivity index (χ3v) is 4.37. The molecule has 6 nitrogen and oxygen atoms in total. The summed E-state index contributed by atoms with van der Waals surface area (Å²) in [5, 5.41) is 2.89. The standard InChI is InChI=1S/C15H28N4O2.ClH/c1-16-12-14(20)19-10-8-17(9-11-19)13-15(21)18-6-4-2-3-5-7-18;/h16H,2-13H2,1H3;1H. The number of rotatable bonds is 4. The van der Waals surface area contributed by atoms with E-state index >= 15 is 0 Å². The third kappa shape index (κ3) is 5.74. The van der Waals surface area contributed by atoms with Crippen LogP contribution >= 0.6 is 12.4 Å². The van der Waals surface area contributed by atoms with Crippen LogP contribution in [0.15, 0.2) is 0 Å². The highest BCUT2D eigenvalue weighted by Gasteiger charge is 2.24. The molecule has 2 amide bonds. The molecule has 0 bridgehead atoms. The van der Waals surface area contributed by atoms with Crippen LogP contribution in [0.5, 0.6) is 0 Å². The molecular formula is C15H29ClN4O2. The molecule has 22 heavy (non-hydrogen) atoms. The Labute approximate surface area is 139 Å². The number of nitrogens with one attached hydrogen (secondary N) is 1. The van der Waals surface area contributed by atoms with Gasteiger partial charge in [-0.05, 0) is 19.9 Å². The maximum Gasteiger partial charge on any atom is 0.236 e. The molecule has 1 N–H and O–H groups in total. The molecule has 0 aromatic carbocycles. The lowest BCUT2D eigenvalue weighted by atomic mass is 10.2. The second-order valence-electron chi connectivity index (χ2n) is 5.98. The van der Waals surface area contributed by atoms with Gasteiger partial charge in [0.1, 0.15) is 0 Å². The van der Waals surface area contributed by atoms with E-state index in [1.165, 1.54) is 12.8 Å². The Morgan fingerprint density at radius 3 is 1.91 bits per heavy atom. The molecule has 0 aliphatic carbocycles. The topological polar surface area (TPSA) is 55.9 Å². The second kappa shape index (κ2) is 10.0. The monoisotopic (exact) mass is 332 g/mol. The maximum atomic E-state index is 12.3. The van der Waals surface area contributed by atoms with Crippen molar-refractivity contribution in [1.29, 1.82) is 0 Å². The van der Waals surface area contributed by atoms with Crippen LogP contribution in [0.25, 0.3) is 0 Å². The van der Waals surface area contributed by atoms with E-state index in [1.807, 2.05) is 9.80 Å². The summed E-state index contributed by atoms with van der Waals surface area (Å²) in [5.41, 5.74) is 0. The highest BCUT2D eigenvalue weighted by atomic mass is 35.5. The van der Waals surface area contributed by atoms with E-state index in [-0.39, 0.29) is 24.2 Å². The van der Waals surface area contributed by atoms with Crippen molar-refractivity contribution in [2.45, 2.75) is 25.7 Å². The average Bonchev–Trinajstić information content (AvgIpc) is 2.77. The van der Waals surface area contributed by atoms with Crippen LogP contribution in [0.1, 0.15) is 25.7 Å². The minimum atomic E-state index is 0. The molecule has 0 spiro atoms. The van der Waals surface area contributed by atoms with Crippen molar-refractivity contribution in [2.24, 2.45) is 0 Å². The van der Waals surface area contributed by atoms with E-state index in [0.717, 1.165) is 52.1 Å². The summed E-state index contributed by atoms with van der Waals surface area (Å²) in [7, 11) is 1.79. The van der Waals surface area contributed by atoms with Crippen LogP contribution in [0.4, 0.5) is 0 Å². The summed E-state index contributed by atoms with van der Waals surface area (Å²) in [4.78, 5) is 30.2. The molecule has 2 aliphatic rings. The number of amides is 2. The summed E-state index contributed by atoms with van der Waals surface area (Å²) in [6, 6.07) is 0. The first-order chi connectivity index (χ1) is 10.2. The predicted octanol–water partition coefficient (Wildman–Crippen LogP) is 0.174. The first-order valence-corrected chi connectivity index (χ1v) is 8.13. The number of hydrogen-bond acceptors (Lipinski definition) is 4. The van der Waals surface area contributed by atoms with Crippen LogP contribution in [0.2, 0.25) is 0 Å². The van der Waals surface area contributed by atoms with E-state index in [4.69, 9.17) is 0 Å². The Bertz CT molecular complexity index is 351. The Kier molecular flexibility index (Phi) is 8.75. The van der Waals surface area contributed by atoms with Gasteiger partial charge in [0.2, 0.25) is 11.8 Å². The highest BCUT2D eigenvalue weighted by Crippen LogP contribution is 2.10. The lowest BCUT2D eigenvalue weighted by Gasteiger charge is -2.35. The Hall–Kier alpha value is -0.850.